The van der Waals surface area contributed by atoms with Crippen LogP contribution in [-0.2, 0) is 19.3 Å². The maximum atomic E-state index is 14.0. The lowest BCUT2D eigenvalue weighted by Gasteiger charge is -2.05. The Labute approximate surface area is 173 Å². The van der Waals surface area contributed by atoms with E-state index in [0.29, 0.717) is 24.2 Å². The first-order valence-corrected chi connectivity index (χ1v) is 9.68. The van der Waals surface area contributed by atoms with Gasteiger partial charge >= 0.3 is 0 Å². The van der Waals surface area contributed by atoms with Crippen molar-refractivity contribution in [1.29, 1.82) is 0 Å². The van der Waals surface area contributed by atoms with Crippen molar-refractivity contribution in [3.05, 3.63) is 86.8 Å². The topological polar surface area (TPSA) is 84.9 Å². The van der Waals surface area contributed by atoms with Crippen LogP contribution in [0.25, 0.3) is 10.9 Å². The number of aromatic amines is 1. The van der Waals surface area contributed by atoms with E-state index in [1.165, 1.54) is 0 Å². The lowest BCUT2D eigenvalue weighted by atomic mass is 9.99. The number of benzene rings is 2. The van der Waals surface area contributed by atoms with Gasteiger partial charge in [-0.2, -0.15) is 0 Å². The summed E-state index contributed by atoms with van der Waals surface area (Å²) in [5.41, 5.74) is 8.10. The van der Waals surface area contributed by atoms with Crippen LogP contribution in [0.3, 0.4) is 0 Å². The zero-order chi connectivity index (χ0) is 20.5. The Hall–Kier alpha value is -3.00. The fourth-order valence-corrected chi connectivity index (χ4v) is 3.76. The molecule has 2 aromatic heterocycles. The third-order valence-corrected chi connectivity index (χ3v) is 5.33. The van der Waals surface area contributed by atoms with Crippen LogP contribution < -0.4 is 5.73 Å². The van der Waals surface area contributed by atoms with E-state index in [9.17, 15) is 13.6 Å². The quantitative estimate of drug-likeness (QED) is 0.439. The van der Waals surface area contributed by atoms with Crippen LogP contribution in [-0.4, -0.2) is 16.0 Å². The highest BCUT2D eigenvalue weighted by Crippen LogP contribution is 2.26. The molecule has 2 heterocycles. The van der Waals surface area contributed by atoms with E-state index in [2.05, 4.69) is 26.1 Å². The predicted octanol–water partition coefficient (Wildman–Crippen LogP) is 4.67. The highest BCUT2D eigenvalue weighted by atomic mass is 79.9. The van der Waals surface area contributed by atoms with Gasteiger partial charge in [-0.15, -0.1) is 0 Å². The second-order valence-corrected chi connectivity index (χ2v) is 7.63. The number of carbonyl (C=O) groups excluding carboxylic acids is 1. The SMILES string of the molecule is NC(=O)c1noc(Cc2cc(F)ccc2F)c1CCc1c[nH]c2ccc(Br)cc12. The number of hydrogen-bond donors (Lipinski definition) is 2. The molecular formula is C21H16BrF2N3O2. The summed E-state index contributed by atoms with van der Waals surface area (Å²) in [6.45, 7) is 0. The van der Waals surface area contributed by atoms with Crippen LogP contribution in [0.15, 0.2) is 51.6 Å². The van der Waals surface area contributed by atoms with Gasteiger partial charge in [-0.1, -0.05) is 21.1 Å². The average Bonchev–Trinajstić information content (AvgIpc) is 3.26. The summed E-state index contributed by atoms with van der Waals surface area (Å²) in [6, 6.07) is 9.12. The molecule has 8 heteroatoms. The number of hydrogen-bond acceptors (Lipinski definition) is 3. The van der Waals surface area contributed by atoms with Crippen molar-refractivity contribution in [3.63, 3.8) is 0 Å². The Kier molecular flexibility index (Phi) is 5.19. The third-order valence-electron chi connectivity index (χ3n) is 4.84. The van der Waals surface area contributed by atoms with E-state index in [4.69, 9.17) is 10.3 Å². The monoisotopic (exact) mass is 459 g/mol. The van der Waals surface area contributed by atoms with E-state index >= 15 is 0 Å². The van der Waals surface area contributed by atoms with Gasteiger partial charge in [0.05, 0.1) is 0 Å². The molecule has 2 aromatic carbocycles. The number of halogens is 3. The molecule has 0 spiro atoms. The fourth-order valence-electron chi connectivity index (χ4n) is 3.40. The number of fused-ring (bicyclic) bond motifs is 1. The molecule has 0 bridgehead atoms. The van der Waals surface area contributed by atoms with E-state index in [1.807, 2.05) is 24.4 Å². The molecule has 1 amide bonds. The molecule has 0 radical (unpaired) electrons. The van der Waals surface area contributed by atoms with Gasteiger partial charge < -0.3 is 15.2 Å². The van der Waals surface area contributed by atoms with Crippen molar-refractivity contribution in [1.82, 2.24) is 10.1 Å². The molecule has 0 saturated carbocycles. The molecular weight excluding hydrogens is 444 g/mol. The Morgan fingerprint density at radius 1 is 1.14 bits per heavy atom. The van der Waals surface area contributed by atoms with Gasteiger partial charge in [0.2, 0.25) is 0 Å². The summed E-state index contributed by atoms with van der Waals surface area (Å²) in [6.07, 6.45) is 2.86. The Balaban J connectivity index is 1.65. The number of aryl methyl sites for hydroxylation is 1. The number of carbonyl (C=O) groups is 1. The second kappa shape index (κ2) is 7.79. The number of primary amides is 1. The van der Waals surface area contributed by atoms with Gasteiger partial charge in [0.25, 0.3) is 5.91 Å². The number of amides is 1. The predicted molar refractivity (Wildman–Crippen MR) is 108 cm³/mol. The average molecular weight is 460 g/mol. The van der Waals surface area contributed by atoms with Gasteiger partial charge in [-0.3, -0.25) is 4.79 Å². The molecule has 29 heavy (non-hydrogen) atoms. The van der Waals surface area contributed by atoms with Crippen molar-refractivity contribution in [2.45, 2.75) is 19.3 Å². The Morgan fingerprint density at radius 3 is 2.76 bits per heavy atom. The largest absolute Gasteiger partial charge is 0.364 e. The number of H-pyrrole nitrogens is 1. The van der Waals surface area contributed by atoms with Crippen LogP contribution in [0.2, 0.25) is 0 Å². The maximum absolute atomic E-state index is 14.0. The number of nitrogens with one attached hydrogen (secondary N) is 1. The number of aromatic nitrogens is 2. The molecule has 0 unspecified atom stereocenters. The molecule has 0 aliphatic rings. The van der Waals surface area contributed by atoms with E-state index < -0.39 is 17.5 Å². The molecule has 0 saturated heterocycles. The van der Waals surface area contributed by atoms with Gasteiger partial charge in [0.1, 0.15) is 17.4 Å². The van der Waals surface area contributed by atoms with Crippen molar-refractivity contribution in [3.8, 4) is 0 Å². The first-order valence-electron chi connectivity index (χ1n) is 8.89. The summed E-state index contributed by atoms with van der Waals surface area (Å²) in [4.78, 5) is 15.0. The molecule has 5 nitrogen and oxygen atoms in total. The van der Waals surface area contributed by atoms with Gasteiger partial charge in [0.15, 0.2) is 5.69 Å². The Morgan fingerprint density at radius 2 is 1.97 bits per heavy atom. The highest BCUT2D eigenvalue weighted by Gasteiger charge is 2.21. The van der Waals surface area contributed by atoms with Crippen molar-refractivity contribution in [2.75, 3.05) is 0 Å². The lowest BCUT2D eigenvalue weighted by Crippen LogP contribution is -2.14. The molecule has 148 valence electrons. The minimum absolute atomic E-state index is 0.0119. The summed E-state index contributed by atoms with van der Waals surface area (Å²) in [7, 11) is 0. The van der Waals surface area contributed by atoms with E-state index in [1.54, 1.807) is 0 Å². The van der Waals surface area contributed by atoms with Crippen LogP contribution in [0, 0.1) is 11.6 Å². The molecule has 0 fully saturated rings. The van der Waals surface area contributed by atoms with Crippen molar-refractivity contribution >= 4 is 32.7 Å². The van der Waals surface area contributed by atoms with E-state index in [-0.39, 0.29) is 17.7 Å². The van der Waals surface area contributed by atoms with Crippen LogP contribution in [0.5, 0.6) is 0 Å². The summed E-state index contributed by atoms with van der Waals surface area (Å²) in [5.74, 6) is -1.54. The molecule has 4 aromatic rings. The molecule has 0 aliphatic carbocycles. The van der Waals surface area contributed by atoms with Gasteiger partial charge in [-0.25, -0.2) is 8.78 Å². The number of rotatable bonds is 6. The smallest absolute Gasteiger partial charge is 0.271 e. The van der Waals surface area contributed by atoms with Crippen LogP contribution >= 0.6 is 15.9 Å². The van der Waals surface area contributed by atoms with E-state index in [0.717, 1.165) is 39.1 Å². The zero-order valence-corrected chi connectivity index (χ0v) is 16.7. The number of nitrogens with zero attached hydrogens (tertiary/aromatic N) is 1. The molecule has 0 atom stereocenters. The molecule has 3 N–H and O–H groups in total. The summed E-state index contributed by atoms with van der Waals surface area (Å²) < 4.78 is 33.8. The first-order chi connectivity index (χ1) is 13.9. The van der Waals surface area contributed by atoms with Gasteiger partial charge in [-0.05, 0) is 60.4 Å². The van der Waals surface area contributed by atoms with Crippen LogP contribution in [0.4, 0.5) is 8.78 Å². The van der Waals surface area contributed by atoms with Gasteiger partial charge in [0, 0.05) is 33.6 Å². The zero-order valence-electron chi connectivity index (χ0n) is 15.1. The molecule has 0 aliphatic heterocycles. The first kappa shape index (κ1) is 19.3. The van der Waals surface area contributed by atoms with Crippen molar-refractivity contribution in [2.24, 2.45) is 5.73 Å². The normalized spacial score (nSPS) is 11.3. The van der Waals surface area contributed by atoms with Crippen molar-refractivity contribution < 1.29 is 18.1 Å². The molecule has 4 rings (SSSR count). The second-order valence-electron chi connectivity index (χ2n) is 6.71. The van der Waals surface area contributed by atoms with Crippen LogP contribution in [0.1, 0.15) is 32.9 Å². The third kappa shape index (κ3) is 3.93. The summed E-state index contributed by atoms with van der Waals surface area (Å²) >= 11 is 3.47. The Bertz CT molecular complexity index is 1220. The highest BCUT2D eigenvalue weighted by molar-refractivity contribution is 9.10. The lowest BCUT2D eigenvalue weighted by molar-refractivity contribution is 0.0991. The maximum Gasteiger partial charge on any atom is 0.271 e. The number of nitrogens with two attached hydrogens (primary N) is 1. The minimum Gasteiger partial charge on any atom is -0.364 e. The minimum atomic E-state index is -0.726. The fraction of sp³-hybridized carbons (Fsp3) is 0.143. The summed E-state index contributed by atoms with van der Waals surface area (Å²) in [5, 5.41) is 4.81. The standard InChI is InChI=1S/C21H16BrF2N3O2/c22-13-2-6-18-16(9-13)11(10-26-18)1-4-15-19(29-27-20(15)21(25)28)8-12-7-14(23)3-5-17(12)24/h2-3,5-7,9-10,26H,1,4,8H2,(H2,25,28).